The second-order valence-corrected chi connectivity index (χ2v) is 5.39. The molecule has 15 heavy (non-hydrogen) atoms. The van der Waals surface area contributed by atoms with Crippen LogP contribution in [0.4, 0.5) is 0 Å². The predicted molar refractivity (Wildman–Crippen MR) is 68.7 cm³/mol. The summed E-state index contributed by atoms with van der Waals surface area (Å²) in [7, 11) is 1.70. The second-order valence-electron chi connectivity index (χ2n) is 4.21. The van der Waals surface area contributed by atoms with Crippen LogP contribution in [0, 0.1) is 5.92 Å². The SMILES string of the molecule is COCCOCCCCCC(Br)C(C)C. The van der Waals surface area contributed by atoms with E-state index in [9.17, 15) is 0 Å². The molecule has 3 heteroatoms. The third-order valence-electron chi connectivity index (χ3n) is 2.42. The Labute approximate surface area is 103 Å². The smallest absolute Gasteiger partial charge is 0.0700 e. The van der Waals surface area contributed by atoms with Crippen LogP contribution in [-0.4, -0.2) is 31.8 Å². The summed E-state index contributed by atoms with van der Waals surface area (Å²) in [5, 5.41) is 0. The van der Waals surface area contributed by atoms with E-state index in [1.54, 1.807) is 7.11 Å². The average molecular weight is 281 g/mol. The van der Waals surface area contributed by atoms with E-state index in [-0.39, 0.29) is 0 Å². The standard InChI is InChI=1S/C12H25BrO2/c1-11(2)12(13)7-5-4-6-8-15-10-9-14-3/h11-12H,4-10H2,1-3H3. The van der Waals surface area contributed by atoms with E-state index < -0.39 is 0 Å². The normalized spacial score (nSPS) is 13.4. The molecular weight excluding hydrogens is 256 g/mol. The molecule has 0 bridgehead atoms. The molecule has 0 amide bonds. The third-order valence-corrected chi connectivity index (χ3v) is 3.94. The van der Waals surface area contributed by atoms with Gasteiger partial charge in [0.05, 0.1) is 13.2 Å². The van der Waals surface area contributed by atoms with Crippen molar-refractivity contribution in [1.82, 2.24) is 0 Å². The number of alkyl halides is 1. The zero-order chi connectivity index (χ0) is 11.5. The molecule has 0 radical (unpaired) electrons. The van der Waals surface area contributed by atoms with Gasteiger partial charge in [0.2, 0.25) is 0 Å². The van der Waals surface area contributed by atoms with Gasteiger partial charge in [-0.15, -0.1) is 0 Å². The second kappa shape index (κ2) is 10.9. The quantitative estimate of drug-likeness (QED) is 0.449. The predicted octanol–water partition coefficient (Wildman–Crippen LogP) is 3.63. The van der Waals surface area contributed by atoms with Crippen LogP contribution in [0.25, 0.3) is 0 Å². The molecule has 0 aliphatic rings. The van der Waals surface area contributed by atoms with Crippen molar-refractivity contribution < 1.29 is 9.47 Å². The lowest BCUT2D eigenvalue weighted by Gasteiger charge is -2.12. The fourth-order valence-electron chi connectivity index (χ4n) is 1.30. The first-order chi connectivity index (χ1) is 7.18. The zero-order valence-electron chi connectivity index (χ0n) is 10.3. The number of halogens is 1. The molecule has 0 heterocycles. The number of hydrogen-bond donors (Lipinski definition) is 0. The van der Waals surface area contributed by atoms with Gasteiger partial charge < -0.3 is 9.47 Å². The Morgan fingerprint density at radius 2 is 1.73 bits per heavy atom. The molecule has 92 valence electrons. The fourth-order valence-corrected chi connectivity index (χ4v) is 1.62. The summed E-state index contributed by atoms with van der Waals surface area (Å²) in [6.45, 7) is 6.82. The summed E-state index contributed by atoms with van der Waals surface area (Å²) in [4.78, 5) is 0.673. The average Bonchev–Trinajstić information content (AvgIpc) is 2.21. The minimum absolute atomic E-state index is 0.673. The Balaban J connectivity index is 3.05. The van der Waals surface area contributed by atoms with Crippen LogP contribution in [0.15, 0.2) is 0 Å². The van der Waals surface area contributed by atoms with Crippen LogP contribution < -0.4 is 0 Å². The first-order valence-corrected chi connectivity index (χ1v) is 6.80. The molecule has 0 spiro atoms. The van der Waals surface area contributed by atoms with Crippen LogP contribution in [0.3, 0.4) is 0 Å². The molecule has 0 saturated heterocycles. The molecule has 1 atom stereocenters. The maximum absolute atomic E-state index is 5.39. The molecule has 2 nitrogen and oxygen atoms in total. The summed E-state index contributed by atoms with van der Waals surface area (Å²) in [5.41, 5.74) is 0. The van der Waals surface area contributed by atoms with E-state index in [0.29, 0.717) is 11.4 Å². The highest BCUT2D eigenvalue weighted by molar-refractivity contribution is 9.09. The van der Waals surface area contributed by atoms with Crippen molar-refractivity contribution >= 4 is 15.9 Å². The molecule has 0 aromatic heterocycles. The molecular formula is C12H25BrO2. The van der Waals surface area contributed by atoms with Crippen molar-refractivity contribution in [3.05, 3.63) is 0 Å². The summed E-state index contributed by atoms with van der Waals surface area (Å²) in [6, 6.07) is 0. The van der Waals surface area contributed by atoms with Gasteiger partial charge in [-0.05, 0) is 18.8 Å². The lowest BCUT2D eigenvalue weighted by molar-refractivity contribution is 0.0685. The highest BCUT2D eigenvalue weighted by Gasteiger charge is 2.07. The number of ether oxygens (including phenoxy) is 2. The molecule has 0 aliphatic heterocycles. The molecule has 0 N–H and O–H groups in total. The number of hydrogen-bond acceptors (Lipinski definition) is 2. The summed E-state index contributed by atoms with van der Waals surface area (Å²) in [6.07, 6.45) is 5.00. The maximum Gasteiger partial charge on any atom is 0.0700 e. The van der Waals surface area contributed by atoms with Gasteiger partial charge in [0.1, 0.15) is 0 Å². The van der Waals surface area contributed by atoms with Gasteiger partial charge in [-0.25, -0.2) is 0 Å². The van der Waals surface area contributed by atoms with Gasteiger partial charge >= 0.3 is 0 Å². The van der Waals surface area contributed by atoms with E-state index in [4.69, 9.17) is 9.47 Å². The molecule has 0 saturated carbocycles. The van der Waals surface area contributed by atoms with Crippen molar-refractivity contribution in [2.45, 2.75) is 44.4 Å². The van der Waals surface area contributed by atoms with Crippen LogP contribution >= 0.6 is 15.9 Å². The minimum Gasteiger partial charge on any atom is -0.382 e. The fraction of sp³-hybridized carbons (Fsp3) is 1.00. The van der Waals surface area contributed by atoms with E-state index >= 15 is 0 Å². The van der Waals surface area contributed by atoms with Gasteiger partial charge in [0.25, 0.3) is 0 Å². The first kappa shape index (κ1) is 15.4. The largest absolute Gasteiger partial charge is 0.382 e. The Morgan fingerprint density at radius 3 is 2.33 bits per heavy atom. The van der Waals surface area contributed by atoms with Gasteiger partial charge in [-0.1, -0.05) is 42.6 Å². The highest BCUT2D eigenvalue weighted by atomic mass is 79.9. The van der Waals surface area contributed by atoms with Gasteiger partial charge in [-0.3, -0.25) is 0 Å². The Morgan fingerprint density at radius 1 is 1.00 bits per heavy atom. The van der Waals surface area contributed by atoms with Gasteiger partial charge in [-0.2, -0.15) is 0 Å². The number of methoxy groups -OCH3 is 1. The molecule has 0 aliphatic carbocycles. The van der Waals surface area contributed by atoms with Crippen molar-refractivity contribution in [3.63, 3.8) is 0 Å². The van der Waals surface area contributed by atoms with E-state index in [1.165, 1.54) is 25.7 Å². The number of rotatable bonds is 10. The van der Waals surface area contributed by atoms with Gasteiger partial charge in [0, 0.05) is 18.5 Å². The van der Waals surface area contributed by atoms with E-state index in [0.717, 1.165) is 19.1 Å². The minimum atomic E-state index is 0.673. The van der Waals surface area contributed by atoms with Crippen LogP contribution in [0.2, 0.25) is 0 Å². The Kier molecular flexibility index (Phi) is 11.2. The molecule has 0 aromatic rings. The molecule has 1 unspecified atom stereocenters. The monoisotopic (exact) mass is 280 g/mol. The van der Waals surface area contributed by atoms with Crippen molar-refractivity contribution in [2.24, 2.45) is 5.92 Å². The van der Waals surface area contributed by atoms with Crippen LogP contribution in [0.5, 0.6) is 0 Å². The Bertz CT molecular complexity index is 129. The highest BCUT2D eigenvalue weighted by Crippen LogP contribution is 2.18. The summed E-state index contributed by atoms with van der Waals surface area (Å²) < 4.78 is 10.3. The lowest BCUT2D eigenvalue weighted by atomic mass is 10.0. The molecule has 0 aromatic carbocycles. The summed E-state index contributed by atoms with van der Waals surface area (Å²) in [5.74, 6) is 0.739. The molecule has 0 fully saturated rings. The first-order valence-electron chi connectivity index (χ1n) is 5.89. The van der Waals surface area contributed by atoms with Gasteiger partial charge in [0.15, 0.2) is 0 Å². The maximum atomic E-state index is 5.39. The summed E-state index contributed by atoms with van der Waals surface area (Å²) >= 11 is 3.70. The lowest BCUT2D eigenvalue weighted by Crippen LogP contribution is -2.07. The Hall–Kier alpha value is 0.400. The topological polar surface area (TPSA) is 18.5 Å². The zero-order valence-corrected chi connectivity index (χ0v) is 11.9. The van der Waals surface area contributed by atoms with Crippen molar-refractivity contribution in [3.8, 4) is 0 Å². The van der Waals surface area contributed by atoms with Crippen molar-refractivity contribution in [1.29, 1.82) is 0 Å². The van der Waals surface area contributed by atoms with E-state index in [2.05, 4.69) is 29.8 Å². The number of unbranched alkanes of at least 4 members (excludes halogenated alkanes) is 2. The van der Waals surface area contributed by atoms with E-state index in [1.807, 2.05) is 0 Å². The van der Waals surface area contributed by atoms with Crippen LogP contribution in [-0.2, 0) is 9.47 Å². The third kappa shape index (κ3) is 10.7. The van der Waals surface area contributed by atoms with Crippen molar-refractivity contribution in [2.75, 3.05) is 26.9 Å². The van der Waals surface area contributed by atoms with Crippen LogP contribution in [0.1, 0.15) is 39.5 Å². The molecule has 0 rings (SSSR count).